The molecule has 0 bridgehead atoms. The summed E-state index contributed by atoms with van der Waals surface area (Å²) in [6.07, 6.45) is 0. The van der Waals surface area contributed by atoms with Crippen LogP contribution < -0.4 is 15.7 Å². The Morgan fingerprint density at radius 1 is 0.929 bits per heavy atom. The number of nitrogens with one attached hydrogen (secondary N) is 1. The van der Waals surface area contributed by atoms with Crippen LogP contribution in [0.1, 0.15) is 10.4 Å². The predicted molar refractivity (Wildman–Crippen MR) is 109 cm³/mol. The van der Waals surface area contributed by atoms with Gasteiger partial charge in [-0.05, 0) is 42.0 Å². The summed E-state index contributed by atoms with van der Waals surface area (Å²) in [6.45, 7) is 0. The van der Waals surface area contributed by atoms with E-state index in [1.54, 1.807) is 55.6 Å². The molecule has 3 aromatic carbocycles. The summed E-state index contributed by atoms with van der Waals surface area (Å²) in [5.41, 5.74) is 2.11. The maximum atomic E-state index is 12.7. The monoisotopic (exact) mass is 371 g/mol. The van der Waals surface area contributed by atoms with E-state index in [0.29, 0.717) is 33.7 Å². The van der Waals surface area contributed by atoms with E-state index in [-0.39, 0.29) is 5.91 Å². The lowest BCUT2D eigenvalue weighted by Crippen LogP contribution is -2.13. The van der Waals surface area contributed by atoms with Gasteiger partial charge >= 0.3 is 5.63 Å². The van der Waals surface area contributed by atoms with Crippen molar-refractivity contribution in [2.75, 3.05) is 12.4 Å². The van der Waals surface area contributed by atoms with Crippen molar-refractivity contribution in [2.45, 2.75) is 0 Å². The Kier molecular flexibility index (Phi) is 4.64. The smallest absolute Gasteiger partial charge is 0.344 e. The molecule has 0 unspecified atom stereocenters. The van der Waals surface area contributed by atoms with Gasteiger partial charge < -0.3 is 14.5 Å². The first-order valence-corrected chi connectivity index (χ1v) is 8.73. The van der Waals surface area contributed by atoms with Gasteiger partial charge in [-0.15, -0.1) is 0 Å². The third-order valence-corrected chi connectivity index (χ3v) is 4.43. The molecule has 4 aromatic rings. The number of hydrogen-bond donors (Lipinski definition) is 1. The Hall–Kier alpha value is -3.86. The van der Waals surface area contributed by atoms with Crippen LogP contribution in [0, 0.1) is 0 Å². The maximum absolute atomic E-state index is 12.7. The molecule has 4 rings (SSSR count). The second-order valence-electron chi connectivity index (χ2n) is 6.22. The first-order chi connectivity index (χ1) is 13.7. The maximum Gasteiger partial charge on any atom is 0.344 e. The van der Waals surface area contributed by atoms with E-state index in [2.05, 4.69) is 5.32 Å². The van der Waals surface area contributed by atoms with Gasteiger partial charge in [0, 0.05) is 10.9 Å². The number of methoxy groups -OCH3 is 1. The molecular formula is C23H17NO4. The molecule has 1 heterocycles. The molecule has 0 saturated carbocycles. The average molecular weight is 371 g/mol. The summed E-state index contributed by atoms with van der Waals surface area (Å²) in [5.74, 6) is 0.277. The van der Waals surface area contributed by atoms with Crippen LogP contribution in [0.4, 0.5) is 5.69 Å². The van der Waals surface area contributed by atoms with E-state index < -0.39 is 5.63 Å². The molecule has 0 fully saturated rings. The van der Waals surface area contributed by atoms with Crippen LogP contribution in [0.15, 0.2) is 88.1 Å². The van der Waals surface area contributed by atoms with Crippen molar-refractivity contribution in [1.82, 2.24) is 0 Å². The van der Waals surface area contributed by atoms with E-state index in [0.717, 1.165) is 5.39 Å². The SMILES string of the molecule is COc1ccccc1NC(=O)c1cccc(-c2cc3ccccc3oc2=O)c1. The molecule has 0 aliphatic rings. The van der Waals surface area contributed by atoms with Gasteiger partial charge in [-0.1, -0.05) is 42.5 Å². The molecule has 0 spiro atoms. The van der Waals surface area contributed by atoms with Crippen LogP contribution in [0.5, 0.6) is 5.75 Å². The third kappa shape index (κ3) is 3.38. The van der Waals surface area contributed by atoms with Crippen molar-refractivity contribution < 1.29 is 13.9 Å². The molecule has 5 heteroatoms. The fourth-order valence-electron chi connectivity index (χ4n) is 3.03. The number of benzene rings is 3. The lowest BCUT2D eigenvalue weighted by Gasteiger charge is -2.10. The minimum Gasteiger partial charge on any atom is -0.495 e. The van der Waals surface area contributed by atoms with Crippen molar-refractivity contribution in [1.29, 1.82) is 0 Å². The van der Waals surface area contributed by atoms with Gasteiger partial charge in [0.15, 0.2) is 0 Å². The van der Waals surface area contributed by atoms with Crippen LogP contribution in [0.2, 0.25) is 0 Å². The number of rotatable bonds is 4. The minimum absolute atomic E-state index is 0.295. The summed E-state index contributed by atoms with van der Waals surface area (Å²) in [6, 6.07) is 23.1. The fourth-order valence-corrected chi connectivity index (χ4v) is 3.03. The lowest BCUT2D eigenvalue weighted by molar-refractivity contribution is 0.102. The Labute approximate surface area is 161 Å². The summed E-state index contributed by atoms with van der Waals surface area (Å²) in [7, 11) is 1.55. The molecule has 0 aliphatic carbocycles. The van der Waals surface area contributed by atoms with Crippen LogP contribution in [0.25, 0.3) is 22.1 Å². The topological polar surface area (TPSA) is 68.5 Å². The quantitative estimate of drug-likeness (QED) is 0.527. The first kappa shape index (κ1) is 17.5. The van der Waals surface area contributed by atoms with Gasteiger partial charge in [0.2, 0.25) is 0 Å². The standard InChI is InChI=1S/C23H17NO4/c1-27-21-12-5-3-10-19(21)24-22(25)17-9-6-8-15(13-17)18-14-16-7-2-4-11-20(16)28-23(18)26/h2-14H,1H3,(H,24,25). The van der Waals surface area contributed by atoms with Crippen LogP contribution in [-0.4, -0.2) is 13.0 Å². The van der Waals surface area contributed by atoms with Gasteiger partial charge in [-0.2, -0.15) is 0 Å². The van der Waals surface area contributed by atoms with Crippen molar-refractivity contribution in [3.8, 4) is 16.9 Å². The van der Waals surface area contributed by atoms with Crippen molar-refractivity contribution >= 4 is 22.6 Å². The molecule has 138 valence electrons. The summed E-state index contributed by atoms with van der Waals surface area (Å²) >= 11 is 0. The number of hydrogen-bond acceptors (Lipinski definition) is 4. The van der Waals surface area contributed by atoms with E-state index in [4.69, 9.17) is 9.15 Å². The molecule has 0 atom stereocenters. The molecule has 0 aliphatic heterocycles. The van der Waals surface area contributed by atoms with Crippen molar-refractivity contribution in [3.05, 3.63) is 94.8 Å². The molecule has 0 saturated heterocycles. The zero-order valence-corrected chi connectivity index (χ0v) is 15.1. The van der Waals surface area contributed by atoms with E-state index in [1.807, 2.05) is 30.3 Å². The predicted octanol–water partition coefficient (Wildman–Crippen LogP) is 4.72. The average Bonchev–Trinajstić information content (AvgIpc) is 2.73. The Balaban J connectivity index is 1.69. The zero-order valence-electron chi connectivity index (χ0n) is 15.1. The second-order valence-corrected chi connectivity index (χ2v) is 6.22. The number of fused-ring (bicyclic) bond motifs is 1. The van der Waals surface area contributed by atoms with Gasteiger partial charge in [0.05, 0.1) is 18.4 Å². The van der Waals surface area contributed by atoms with Crippen LogP contribution >= 0.6 is 0 Å². The van der Waals surface area contributed by atoms with Crippen molar-refractivity contribution in [3.63, 3.8) is 0 Å². The molecule has 1 amide bonds. The Bertz CT molecular complexity index is 1230. The summed E-state index contributed by atoms with van der Waals surface area (Å²) < 4.78 is 10.7. The van der Waals surface area contributed by atoms with Gasteiger partial charge in [0.25, 0.3) is 5.91 Å². The number of carbonyl (C=O) groups is 1. The summed E-state index contributed by atoms with van der Waals surface area (Å²) in [5, 5.41) is 3.66. The van der Waals surface area contributed by atoms with Gasteiger partial charge in [-0.3, -0.25) is 4.79 Å². The highest BCUT2D eigenvalue weighted by atomic mass is 16.5. The molecule has 5 nitrogen and oxygen atoms in total. The third-order valence-electron chi connectivity index (χ3n) is 4.43. The van der Waals surface area contributed by atoms with Crippen LogP contribution in [-0.2, 0) is 0 Å². The molecule has 0 radical (unpaired) electrons. The lowest BCUT2D eigenvalue weighted by atomic mass is 10.0. The number of amides is 1. The highest BCUT2D eigenvalue weighted by molar-refractivity contribution is 6.05. The number of para-hydroxylation sites is 3. The van der Waals surface area contributed by atoms with Gasteiger partial charge in [-0.25, -0.2) is 4.79 Å². The van der Waals surface area contributed by atoms with Crippen molar-refractivity contribution in [2.24, 2.45) is 0 Å². The normalized spacial score (nSPS) is 10.6. The number of ether oxygens (including phenoxy) is 1. The van der Waals surface area contributed by atoms with Gasteiger partial charge in [0.1, 0.15) is 11.3 Å². The Morgan fingerprint density at radius 2 is 1.71 bits per heavy atom. The highest BCUT2D eigenvalue weighted by Gasteiger charge is 2.13. The molecule has 1 N–H and O–H groups in total. The first-order valence-electron chi connectivity index (χ1n) is 8.73. The fraction of sp³-hybridized carbons (Fsp3) is 0.0435. The molecule has 28 heavy (non-hydrogen) atoms. The zero-order chi connectivity index (χ0) is 19.5. The molecular weight excluding hydrogens is 354 g/mol. The van der Waals surface area contributed by atoms with E-state index in [9.17, 15) is 9.59 Å². The molecule has 1 aromatic heterocycles. The summed E-state index contributed by atoms with van der Waals surface area (Å²) in [4.78, 5) is 25.1. The highest BCUT2D eigenvalue weighted by Crippen LogP contribution is 2.25. The largest absolute Gasteiger partial charge is 0.495 e. The number of anilines is 1. The van der Waals surface area contributed by atoms with E-state index >= 15 is 0 Å². The minimum atomic E-state index is -0.444. The van der Waals surface area contributed by atoms with E-state index in [1.165, 1.54) is 0 Å². The second kappa shape index (κ2) is 7.40. The Morgan fingerprint density at radius 3 is 2.57 bits per heavy atom. The van der Waals surface area contributed by atoms with Crippen LogP contribution in [0.3, 0.4) is 0 Å². The number of carbonyl (C=O) groups excluding carboxylic acids is 1.